The maximum Gasteiger partial charge on any atom is 0.0741 e. The highest BCUT2D eigenvalue weighted by Crippen LogP contribution is 2.36. The minimum absolute atomic E-state index is 0.0269. The lowest BCUT2D eigenvalue weighted by Gasteiger charge is -2.26. The molecule has 1 fully saturated rings. The minimum Gasteiger partial charge on any atom is -0.198 e. The van der Waals surface area contributed by atoms with Gasteiger partial charge in [0.1, 0.15) is 0 Å². The van der Waals surface area contributed by atoms with Crippen molar-refractivity contribution < 1.29 is 0 Å². The highest BCUT2D eigenvalue weighted by Gasteiger charge is 2.24. The van der Waals surface area contributed by atoms with Gasteiger partial charge < -0.3 is 0 Å². The second-order valence-electron chi connectivity index (χ2n) is 4.56. The summed E-state index contributed by atoms with van der Waals surface area (Å²) in [5, 5.41) is 10.1. The van der Waals surface area contributed by atoms with Crippen LogP contribution in [0.3, 0.4) is 0 Å². The molecule has 0 spiro atoms. The largest absolute Gasteiger partial charge is 0.198 e. The molecule has 0 N–H and O–H groups in total. The fraction of sp³-hybridized carbons (Fsp3) is 0.500. The molecule has 1 aromatic carbocycles. The Morgan fingerprint density at radius 1 is 1.25 bits per heavy atom. The minimum atomic E-state index is 0.0269. The van der Waals surface area contributed by atoms with Crippen molar-refractivity contribution in [1.82, 2.24) is 0 Å². The Balaban J connectivity index is 2.18. The van der Waals surface area contributed by atoms with E-state index >= 15 is 0 Å². The van der Waals surface area contributed by atoms with Gasteiger partial charge in [0.25, 0.3) is 0 Å². The van der Waals surface area contributed by atoms with Crippen molar-refractivity contribution in [3.63, 3.8) is 0 Å². The lowest BCUT2D eigenvalue weighted by atomic mass is 9.77. The standard InChI is InChI=1S/C14H16ClN/c15-13-8-4-7-12(9-13)14(10-16)11-5-2-1-3-6-11/h4,7-9,11,14H,1-3,5-6H2. The van der Waals surface area contributed by atoms with E-state index < -0.39 is 0 Å². The topological polar surface area (TPSA) is 23.8 Å². The summed E-state index contributed by atoms with van der Waals surface area (Å²) < 4.78 is 0. The Morgan fingerprint density at radius 3 is 2.62 bits per heavy atom. The third-order valence-electron chi connectivity index (χ3n) is 3.47. The van der Waals surface area contributed by atoms with Crippen molar-refractivity contribution in [3.05, 3.63) is 34.9 Å². The van der Waals surface area contributed by atoms with E-state index in [1.165, 1.54) is 32.1 Å². The second kappa shape index (κ2) is 5.37. The van der Waals surface area contributed by atoms with Gasteiger partial charge in [-0.1, -0.05) is 43.0 Å². The third kappa shape index (κ3) is 2.57. The van der Waals surface area contributed by atoms with Crippen molar-refractivity contribution in [2.24, 2.45) is 5.92 Å². The first-order chi connectivity index (χ1) is 7.81. The van der Waals surface area contributed by atoms with Crippen LogP contribution in [0.5, 0.6) is 0 Å². The number of nitriles is 1. The molecule has 0 aromatic heterocycles. The zero-order valence-corrected chi connectivity index (χ0v) is 10.1. The number of nitrogens with zero attached hydrogens (tertiary/aromatic N) is 1. The average Bonchev–Trinajstić information content (AvgIpc) is 2.31. The van der Waals surface area contributed by atoms with E-state index in [0.29, 0.717) is 5.92 Å². The van der Waals surface area contributed by atoms with Crippen LogP contribution in [0, 0.1) is 17.2 Å². The molecule has 84 valence electrons. The van der Waals surface area contributed by atoms with Crippen molar-refractivity contribution >= 4 is 11.6 Å². The number of hydrogen-bond acceptors (Lipinski definition) is 1. The Bertz CT molecular complexity index is 388. The molecule has 0 saturated heterocycles. The summed E-state index contributed by atoms with van der Waals surface area (Å²) in [7, 11) is 0. The van der Waals surface area contributed by atoms with Gasteiger partial charge in [-0.25, -0.2) is 0 Å². The Kier molecular flexibility index (Phi) is 3.85. The molecule has 16 heavy (non-hydrogen) atoms. The molecule has 2 heteroatoms. The van der Waals surface area contributed by atoms with Gasteiger partial charge >= 0.3 is 0 Å². The molecule has 1 saturated carbocycles. The lowest BCUT2D eigenvalue weighted by molar-refractivity contribution is 0.335. The van der Waals surface area contributed by atoms with Crippen molar-refractivity contribution in [1.29, 1.82) is 5.26 Å². The first kappa shape index (κ1) is 11.5. The molecule has 0 heterocycles. The van der Waals surface area contributed by atoms with E-state index in [9.17, 15) is 5.26 Å². The normalized spacial score (nSPS) is 19.0. The SMILES string of the molecule is N#CC(c1cccc(Cl)c1)C1CCCCC1. The zero-order valence-electron chi connectivity index (χ0n) is 9.32. The molecule has 1 nitrogen and oxygen atoms in total. The van der Waals surface area contributed by atoms with Gasteiger partial charge in [0.05, 0.1) is 12.0 Å². The van der Waals surface area contributed by atoms with Crippen LogP contribution in [0.2, 0.25) is 5.02 Å². The summed E-state index contributed by atoms with van der Waals surface area (Å²) in [5.74, 6) is 0.552. The van der Waals surface area contributed by atoms with Gasteiger partial charge in [0.2, 0.25) is 0 Å². The van der Waals surface area contributed by atoms with E-state index in [1.807, 2.05) is 24.3 Å². The zero-order chi connectivity index (χ0) is 11.4. The van der Waals surface area contributed by atoms with Crippen LogP contribution in [0.1, 0.15) is 43.6 Å². The van der Waals surface area contributed by atoms with E-state index in [4.69, 9.17) is 11.6 Å². The lowest BCUT2D eigenvalue weighted by Crippen LogP contribution is -2.15. The molecular formula is C14H16ClN. The summed E-state index contributed by atoms with van der Waals surface area (Å²) in [6.07, 6.45) is 6.23. The van der Waals surface area contributed by atoms with Gasteiger partial charge in [-0.2, -0.15) is 5.26 Å². The van der Waals surface area contributed by atoms with Crippen molar-refractivity contribution in [2.75, 3.05) is 0 Å². The number of halogens is 1. The van der Waals surface area contributed by atoms with Crippen LogP contribution >= 0.6 is 11.6 Å². The van der Waals surface area contributed by atoms with Crippen molar-refractivity contribution in [2.45, 2.75) is 38.0 Å². The van der Waals surface area contributed by atoms with E-state index in [1.54, 1.807) is 0 Å². The van der Waals surface area contributed by atoms with Gasteiger partial charge in [-0.15, -0.1) is 0 Å². The highest BCUT2D eigenvalue weighted by atomic mass is 35.5. The molecule has 0 radical (unpaired) electrons. The van der Waals surface area contributed by atoms with Crippen LogP contribution in [0.15, 0.2) is 24.3 Å². The van der Waals surface area contributed by atoms with Crippen LogP contribution in [-0.2, 0) is 0 Å². The monoisotopic (exact) mass is 233 g/mol. The maximum absolute atomic E-state index is 9.33. The van der Waals surface area contributed by atoms with Gasteiger partial charge in [-0.05, 0) is 36.5 Å². The van der Waals surface area contributed by atoms with Crippen LogP contribution in [0.4, 0.5) is 0 Å². The van der Waals surface area contributed by atoms with Crippen LogP contribution in [0.25, 0.3) is 0 Å². The molecule has 1 unspecified atom stereocenters. The quantitative estimate of drug-likeness (QED) is 0.737. The predicted molar refractivity (Wildman–Crippen MR) is 66.4 cm³/mol. The molecule has 0 bridgehead atoms. The average molecular weight is 234 g/mol. The Hall–Kier alpha value is -1.00. The summed E-state index contributed by atoms with van der Waals surface area (Å²) >= 11 is 5.98. The highest BCUT2D eigenvalue weighted by molar-refractivity contribution is 6.30. The van der Waals surface area contributed by atoms with E-state index in [2.05, 4.69) is 6.07 Å². The second-order valence-corrected chi connectivity index (χ2v) is 5.00. The first-order valence-electron chi connectivity index (χ1n) is 5.96. The molecule has 2 rings (SSSR count). The summed E-state index contributed by atoms with van der Waals surface area (Å²) in [5.41, 5.74) is 1.09. The smallest absolute Gasteiger partial charge is 0.0741 e. The van der Waals surface area contributed by atoms with Crippen molar-refractivity contribution in [3.8, 4) is 6.07 Å². The fourth-order valence-electron chi connectivity index (χ4n) is 2.62. The Labute approximate surface area is 102 Å². The number of rotatable bonds is 2. The Morgan fingerprint density at radius 2 is 2.00 bits per heavy atom. The maximum atomic E-state index is 9.33. The van der Waals surface area contributed by atoms with Crippen LogP contribution in [-0.4, -0.2) is 0 Å². The van der Waals surface area contributed by atoms with Gasteiger partial charge in [-0.3, -0.25) is 0 Å². The number of benzene rings is 1. The molecule has 0 amide bonds. The summed E-state index contributed by atoms with van der Waals surface area (Å²) in [4.78, 5) is 0. The third-order valence-corrected chi connectivity index (χ3v) is 3.70. The predicted octanol–water partition coefficient (Wildman–Crippen LogP) is 4.53. The van der Waals surface area contributed by atoms with Gasteiger partial charge in [0.15, 0.2) is 0 Å². The fourth-order valence-corrected chi connectivity index (χ4v) is 2.82. The number of hydrogen-bond donors (Lipinski definition) is 0. The first-order valence-corrected chi connectivity index (χ1v) is 6.34. The molecule has 0 aliphatic heterocycles. The molecular weight excluding hydrogens is 218 g/mol. The molecule has 1 aromatic rings. The molecule has 1 atom stereocenters. The van der Waals surface area contributed by atoms with Crippen LogP contribution < -0.4 is 0 Å². The van der Waals surface area contributed by atoms with E-state index in [-0.39, 0.29) is 5.92 Å². The molecule has 1 aliphatic carbocycles. The van der Waals surface area contributed by atoms with E-state index in [0.717, 1.165) is 10.6 Å². The molecule has 1 aliphatic rings. The summed E-state index contributed by atoms with van der Waals surface area (Å²) in [6, 6.07) is 10.2. The summed E-state index contributed by atoms with van der Waals surface area (Å²) in [6.45, 7) is 0. The van der Waals surface area contributed by atoms with Gasteiger partial charge in [0, 0.05) is 5.02 Å².